The number of amides is 2. The number of H-pyrrole nitrogens is 1. The molecule has 0 spiro atoms. The third-order valence-corrected chi connectivity index (χ3v) is 2.89. The van der Waals surface area contributed by atoms with Crippen molar-refractivity contribution in [3.05, 3.63) is 16.7 Å². The quantitative estimate of drug-likeness (QED) is 0.682. The summed E-state index contributed by atoms with van der Waals surface area (Å²) in [4.78, 5) is 41.5. The Morgan fingerprint density at radius 3 is 2.24 bits per heavy atom. The van der Waals surface area contributed by atoms with Crippen LogP contribution < -0.4 is 16.2 Å². The molecule has 0 saturated carbocycles. The molecule has 0 aliphatic rings. The molecule has 0 saturated heterocycles. The van der Waals surface area contributed by atoms with E-state index in [2.05, 4.69) is 20.6 Å². The molecule has 2 amide bonds. The van der Waals surface area contributed by atoms with Crippen LogP contribution >= 0.6 is 0 Å². The summed E-state index contributed by atoms with van der Waals surface area (Å²) in [5.74, 6) is -0.400. The van der Waals surface area contributed by atoms with Crippen molar-refractivity contribution in [2.45, 2.75) is 52.4 Å². The summed E-state index contributed by atoms with van der Waals surface area (Å²) >= 11 is 0. The monoisotopic (exact) mass is 294 g/mol. The van der Waals surface area contributed by atoms with Gasteiger partial charge in [0.2, 0.25) is 11.8 Å². The van der Waals surface area contributed by atoms with Crippen LogP contribution in [0.3, 0.4) is 0 Å². The van der Waals surface area contributed by atoms with E-state index in [9.17, 15) is 14.4 Å². The first kappa shape index (κ1) is 16.9. The fourth-order valence-corrected chi connectivity index (χ4v) is 1.68. The molecule has 0 bridgehead atoms. The zero-order chi connectivity index (χ0) is 15.7. The lowest BCUT2D eigenvalue weighted by molar-refractivity contribution is -0.117. The third kappa shape index (κ3) is 5.76. The molecule has 0 aromatic carbocycles. The van der Waals surface area contributed by atoms with Gasteiger partial charge in [-0.25, -0.2) is 4.98 Å². The summed E-state index contributed by atoms with van der Waals surface area (Å²) in [5, 5.41) is 5.08. The molecule has 116 valence electrons. The Morgan fingerprint density at radius 1 is 1.10 bits per heavy atom. The van der Waals surface area contributed by atoms with Gasteiger partial charge in [-0.15, -0.1) is 0 Å². The Balaban J connectivity index is 2.80. The zero-order valence-corrected chi connectivity index (χ0v) is 12.5. The highest BCUT2D eigenvalue weighted by Crippen LogP contribution is 2.14. The van der Waals surface area contributed by atoms with E-state index in [4.69, 9.17) is 0 Å². The van der Waals surface area contributed by atoms with Gasteiger partial charge >= 0.3 is 0 Å². The molecule has 0 fully saturated rings. The minimum atomic E-state index is -0.486. The number of carbonyl (C=O) groups is 2. The number of anilines is 2. The van der Waals surface area contributed by atoms with Crippen molar-refractivity contribution >= 4 is 23.3 Å². The Labute approximate surface area is 123 Å². The van der Waals surface area contributed by atoms with Gasteiger partial charge in [-0.05, 0) is 12.8 Å². The van der Waals surface area contributed by atoms with Gasteiger partial charge < -0.3 is 15.6 Å². The highest BCUT2D eigenvalue weighted by molar-refractivity contribution is 5.97. The second-order valence-electron chi connectivity index (χ2n) is 4.76. The fourth-order valence-electron chi connectivity index (χ4n) is 1.68. The molecule has 0 aliphatic carbocycles. The lowest BCUT2D eigenvalue weighted by Gasteiger charge is -2.10. The fraction of sp³-hybridized carbons (Fsp3) is 0.571. The number of aromatic nitrogens is 2. The van der Waals surface area contributed by atoms with Gasteiger partial charge in [0.05, 0.1) is 6.33 Å². The molecule has 0 radical (unpaired) electrons. The Morgan fingerprint density at radius 2 is 1.67 bits per heavy atom. The molecule has 0 aliphatic heterocycles. The summed E-state index contributed by atoms with van der Waals surface area (Å²) in [6.07, 6.45) is 5.16. The standard InChI is InChI=1S/C14H22N4O3/c1-3-5-7-10(19)17-12-13(15-9-16-14(12)21)18-11(20)8-6-4-2/h9H,3-8H2,1-2H3,(H,17,19)(H2,15,16,18,20,21). The number of nitrogens with one attached hydrogen (secondary N) is 3. The van der Waals surface area contributed by atoms with Crippen molar-refractivity contribution in [2.75, 3.05) is 10.6 Å². The number of hydrogen-bond acceptors (Lipinski definition) is 4. The van der Waals surface area contributed by atoms with E-state index in [1.807, 2.05) is 13.8 Å². The SMILES string of the molecule is CCCCC(=O)Nc1nc[nH]c(=O)c1NC(=O)CCCC. The number of rotatable bonds is 8. The van der Waals surface area contributed by atoms with E-state index in [-0.39, 0.29) is 23.3 Å². The van der Waals surface area contributed by atoms with E-state index >= 15 is 0 Å². The lowest BCUT2D eigenvalue weighted by atomic mass is 10.2. The van der Waals surface area contributed by atoms with Crippen molar-refractivity contribution in [1.82, 2.24) is 9.97 Å². The van der Waals surface area contributed by atoms with Crippen LogP contribution in [0.25, 0.3) is 0 Å². The number of carbonyl (C=O) groups excluding carboxylic acids is 2. The Bertz CT molecular complexity index is 539. The van der Waals surface area contributed by atoms with Crippen LogP contribution in [0, 0.1) is 0 Å². The summed E-state index contributed by atoms with van der Waals surface area (Å²) in [6.45, 7) is 3.96. The Hall–Kier alpha value is -2.18. The van der Waals surface area contributed by atoms with Crippen molar-refractivity contribution in [2.24, 2.45) is 0 Å². The molecule has 21 heavy (non-hydrogen) atoms. The van der Waals surface area contributed by atoms with Gasteiger partial charge in [0.25, 0.3) is 5.56 Å². The van der Waals surface area contributed by atoms with Crippen LogP contribution in [-0.4, -0.2) is 21.8 Å². The van der Waals surface area contributed by atoms with Crippen molar-refractivity contribution in [1.29, 1.82) is 0 Å². The van der Waals surface area contributed by atoms with Gasteiger partial charge in [0.15, 0.2) is 11.5 Å². The minimum Gasteiger partial charge on any atom is -0.318 e. The van der Waals surface area contributed by atoms with E-state index < -0.39 is 5.56 Å². The minimum absolute atomic E-state index is 0.0107. The van der Waals surface area contributed by atoms with Gasteiger partial charge in [-0.3, -0.25) is 14.4 Å². The maximum atomic E-state index is 11.8. The van der Waals surface area contributed by atoms with Crippen LogP contribution in [-0.2, 0) is 9.59 Å². The normalized spacial score (nSPS) is 10.2. The summed E-state index contributed by atoms with van der Waals surface area (Å²) in [6, 6.07) is 0. The highest BCUT2D eigenvalue weighted by Gasteiger charge is 2.14. The molecule has 0 atom stereocenters. The molecule has 7 heteroatoms. The third-order valence-electron chi connectivity index (χ3n) is 2.89. The van der Waals surface area contributed by atoms with Crippen molar-refractivity contribution < 1.29 is 9.59 Å². The van der Waals surface area contributed by atoms with Gasteiger partial charge in [-0.1, -0.05) is 26.7 Å². The largest absolute Gasteiger partial charge is 0.318 e. The van der Waals surface area contributed by atoms with Gasteiger partial charge in [-0.2, -0.15) is 0 Å². The molecular weight excluding hydrogens is 272 g/mol. The van der Waals surface area contributed by atoms with E-state index in [0.717, 1.165) is 25.7 Å². The van der Waals surface area contributed by atoms with E-state index in [0.29, 0.717) is 12.8 Å². The first-order valence-corrected chi connectivity index (χ1v) is 7.25. The lowest BCUT2D eigenvalue weighted by Crippen LogP contribution is -2.24. The number of nitrogens with zero attached hydrogens (tertiary/aromatic N) is 1. The van der Waals surface area contributed by atoms with Crippen molar-refractivity contribution in [3.63, 3.8) is 0 Å². The van der Waals surface area contributed by atoms with E-state index in [1.54, 1.807) is 0 Å². The van der Waals surface area contributed by atoms with Crippen LogP contribution in [0.15, 0.2) is 11.1 Å². The predicted molar refractivity (Wildman–Crippen MR) is 81.2 cm³/mol. The zero-order valence-electron chi connectivity index (χ0n) is 12.5. The number of aromatic amines is 1. The summed E-state index contributed by atoms with van der Waals surface area (Å²) in [5.41, 5.74) is -0.496. The van der Waals surface area contributed by atoms with Crippen LogP contribution in [0.4, 0.5) is 11.5 Å². The molecule has 0 unspecified atom stereocenters. The second kappa shape index (κ2) is 8.89. The highest BCUT2D eigenvalue weighted by atomic mass is 16.2. The van der Waals surface area contributed by atoms with Crippen molar-refractivity contribution in [3.8, 4) is 0 Å². The average molecular weight is 294 g/mol. The van der Waals surface area contributed by atoms with Crippen LogP contribution in [0.5, 0.6) is 0 Å². The Kier molecular flexibility index (Phi) is 7.14. The predicted octanol–water partition coefficient (Wildman–Crippen LogP) is 2.03. The average Bonchev–Trinajstić information content (AvgIpc) is 2.46. The molecule has 1 heterocycles. The maximum absolute atomic E-state index is 11.8. The maximum Gasteiger partial charge on any atom is 0.276 e. The van der Waals surface area contributed by atoms with Gasteiger partial charge in [0.1, 0.15) is 0 Å². The molecular formula is C14H22N4O3. The molecule has 1 aromatic heterocycles. The van der Waals surface area contributed by atoms with E-state index in [1.165, 1.54) is 6.33 Å². The summed E-state index contributed by atoms with van der Waals surface area (Å²) < 4.78 is 0. The molecule has 3 N–H and O–H groups in total. The van der Waals surface area contributed by atoms with Crippen LogP contribution in [0.2, 0.25) is 0 Å². The van der Waals surface area contributed by atoms with Gasteiger partial charge in [0, 0.05) is 12.8 Å². The smallest absolute Gasteiger partial charge is 0.276 e. The number of hydrogen-bond donors (Lipinski definition) is 3. The second-order valence-corrected chi connectivity index (χ2v) is 4.76. The molecule has 1 aromatic rings. The summed E-state index contributed by atoms with van der Waals surface area (Å²) in [7, 11) is 0. The topological polar surface area (TPSA) is 104 Å². The molecule has 1 rings (SSSR count). The first-order chi connectivity index (χ1) is 10.1. The molecule has 7 nitrogen and oxygen atoms in total. The number of unbranched alkanes of at least 4 members (excludes halogenated alkanes) is 2. The van der Waals surface area contributed by atoms with Crippen LogP contribution in [0.1, 0.15) is 52.4 Å². The first-order valence-electron chi connectivity index (χ1n) is 7.25.